The Morgan fingerprint density at radius 1 is 1.09 bits per heavy atom. The number of ketones is 1. The van der Waals surface area contributed by atoms with Crippen LogP contribution in [0.1, 0.15) is 16.8 Å². The SMILES string of the molecule is COc1ccc(CC(=O)Cc2nncc3cccc(C)c23)cc1. The van der Waals surface area contributed by atoms with Crippen molar-refractivity contribution >= 4 is 16.6 Å². The number of hydrogen-bond donors (Lipinski definition) is 0. The average molecular weight is 306 g/mol. The minimum Gasteiger partial charge on any atom is -0.497 e. The fraction of sp³-hybridized carbons (Fsp3) is 0.211. The number of fused-ring (bicyclic) bond motifs is 1. The van der Waals surface area contributed by atoms with Crippen LogP contribution in [-0.4, -0.2) is 23.1 Å². The van der Waals surface area contributed by atoms with Gasteiger partial charge in [0.05, 0.1) is 25.4 Å². The zero-order valence-corrected chi connectivity index (χ0v) is 13.2. The Morgan fingerprint density at radius 3 is 2.61 bits per heavy atom. The van der Waals surface area contributed by atoms with Crippen LogP contribution in [0.5, 0.6) is 5.75 Å². The third-order valence-corrected chi connectivity index (χ3v) is 3.89. The van der Waals surface area contributed by atoms with Crippen molar-refractivity contribution in [2.24, 2.45) is 0 Å². The van der Waals surface area contributed by atoms with Gasteiger partial charge in [-0.1, -0.05) is 30.3 Å². The second-order valence-corrected chi connectivity index (χ2v) is 5.57. The summed E-state index contributed by atoms with van der Waals surface area (Å²) < 4.78 is 5.13. The highest BCUT2D eigenvalue weighted by Crippen LogP contribution is 2.21. The standard InChI is InChI=1S/C19H18N2O2/c1-13-4-3-5-15-12-20-21-18(19(13)15)11-16(22)10-14-6-8-17(23-2)9-7-14/h3-9,12H,10-11H2,1-2H3. The number of rotatable bonds is 5. The minimum atomic E-state index is 0.125. The topological polar surface area (TPSA) is 52.1 Å². The van der Waals surface area contributed by atoms with E-state index in [0.717, 1.165) is 33.3 Å². The van der Waals surface area contributed by atoms with E-state index in [-0.39, 0.29) is 5.78 Å². The molecule has 3 rings (SSSR count). The van der Waals surface area contributed by atoms with Crippen LogP contribution in [0.25, 0.3) is 10.8 Å². The predicted molar refractivity (Wildman–Crippen MR) is 89.7 cm³/mol. The molecule has 0 spiro atoms. The molecule has 0 saturated carbocycles. The first-order valence-electron chi connectivity index (χ1n) is 7.52. The number of carbonyl (C=O) groups excluding carboxylic acids is 1. The highest BCUT2D eigenvalue weighted by molar-refractivity contribution is 5.91. The van der Waals surface area contributed by atoms with Gasteiger partial charge in [0, 0.05) is 17.2 Å². The summed E-state index contributed by atoms with van der Waals surface area (Å²) in [6.07, 6.45) is 2.41. The summed E-state index contributed by atoms with van der Waals surface area (Å²) in [6.45, 7) is 2.03. The Hall–Kier alpha value is -2.75. The van der Waals surface area contributed by atoms with Crippen LogP contribution in [-0.2, 0) is 17.6 Å². The van der Waals surface area contributed by atoms with Crippen molar-refractivity contribution in [2.45, 2.75) is 19.8 Å². The number of methoxy groups -OCH3 is 1. The van der Waals surface area contributed by atoms with Gasteiger partial charge in [0.15, 0.2) is 0 Å². The molecule has 0 fully saturated rings. The maximum absolute atomic E-state index is 12.4. The number of aromatic nitrogens is 2. The summed E-state index contributed by atoms with van der Waals surface area (Å²) >= 11 is 0. The summed E-state index contributed by atoms with van der Waals surface area (Å²) in [4.78, 5) is 12.4. The lowest BCUT2D eigenvalue weighted by molar-refractivity contribution is -0.117. The van der Waals surface area contributed by atoms with E-state index in [4.69, 9.17) is 4.74 Å². The third kappa shape index (κ3) is 3.37. The Bertz CT molecular complexity index is 836. The van der Waals surface area contributed by atoms with Crippen molar-refractivity contribution in [3.8, 4) is 5.75 Å². The fourth-order valence-corrected chi connectivity index (χ4v) is 2.75. The summed E-state index contributed by atoms with van der Waals surface area (Å²) in [5.74, 6) is 0.914. The molecule has 0 aliphatic heterocycles. The zero-order valence-electron chi connectivity index (χ0n) is 13.2. The number of benzene rings is 2. The first-order valence-corrected chi connectivity index (χ1v) is 7.52. The first-order chi connectivity index (χ1) is 11.2. The molecule has 0 bridgehead atoms. The van der Waals surface area contributed by atoms with Gasteiger partial charge < -0.3 is 4.74 Å². The largest absolute Gasteiger partial charge is 0.497 e. The normalized spacial score (nSPS) is 10.7. The molecule has 3 aromatic rings. The number of Topliss-reactive ketones (excluding diaryl/α,β-unsaturated/α-hetero) is 1. The van der Waals surface area contributed by atoms with E-state index in [1.165, 1.54) is 0 Å². The maximum Gasteiger partial charge on any atom is 0.143 e. The molecule has 0 aliphatic carbocycles. The molecular weight excluding hydrogens is 288 g/mol. The molecule has 0 saturated heterocycles. The molecule has 23 heavy (non-hydrogen) atoms. The molecule has 0 amide bonds. The van der Waals surface area contributed by atoms with Gasteiger partial charge in [0.2, 0.25) is 0 Å². The molecule has 0 aliphatic rings. The van der Waals surface area contributed by atoms with Crippen LogP contribution < -0.4 is 4.74 Å². The maximum atomic E-state index is 12.4. The van der Waals surface area contributed by atoms with E-state index < -0.39 is 0 Å². The number of hydrogen-bond acceptors (Lipinski definition) is 4. The quantitative estimate of drug-likeness (QED) is 0.726. The van der Waals surface area contributed by atoms with Crippen LogP contribution in [0, 0.1) is 6.92 Å². The first kappa shape index (κ1) is 15.2. The molecule has 1 heterocycles. The minimum absolute atomic E-state index is 0.125. The summed E-state index contributed by atoms with van der Waals surface area (Å²) in [7, 11) is 1.63. The van der Waals surface area contributed by atoms with Crippen LogP contribution in [0.2, 0.25) is 0 Å². The van der Waals surface area contributed by atoms with Gasteiger partial charge in [-0.25, -0.2) is 0 Å². The molecular formula is C19H18N2O2. The summed E-state index contributed by atoms with van der Waals surface area (Å²) in [5.41, 5.74) is 2.84. The van der Waals surface area contributed by atoms with E-state index in [2.05, 4.69) is 10.2 Å². The number of aryl methyl sites for hydroxylation is 1. The van der Waals surface area contributed by atoms with E-state index in [1.807, 2.05) is 49.4 Å². The monoisotopic (exact) mass is 306 g/mol. The molecule has 0 N–H and O–H groups in total. The Morgan fingerprint density at radius 2 is 1.87 bits per heavy atom. The van der Waals surface area contributed by atoms with Crippen molar-refractivity contribution in [3.63, 3.8) is 0 Å². The van der Waals surface area contributed by atoms with Crippen molar-refractivity contribution in [1.29, 1.82) is 0 Å². The highest BCUT2D eigenvalue weighted by atomic mass is 16.5. The van der Waals surface area contributed by atoms with Crippen LogP contribution in [0.15, 0.2) is 48.7 Å². The molecule has 116 valence electrons. The number of carbonyl (C=O) groups is 1. The van der Waals surface area contributed by atoms with Crippen molar-refractivity contribution < 1.29 is 9.53 Å². The van der Waals surface area contributed by atoms with Crippen molar-refractivity contribution in [3.05, 3.63) is 65.5 Å². The van der Waals surface area contributed by atoms with E-state index in [0.29, 0.717) is 12.8 Å². The predicted octanol–water partition coefficient (Wildman–Crippen LogP) is 3.30. The Balaban J connectivity index is 1.80. The second kappa shape index (κ2) is 6.57. The molecule has 0 radical (unpaired) electrons. The highest BCUT2D eigenvalue weighted by Gasteiger charge is 2.11. The molecule has 2 aromatic carbocycles. The van der Waals surface area contributed by atoms with Crippen LogP contribution in [0.3, 0.4) is 0 Å². The smallest absolute Gasteiger partial charge is 0.143 e. The van der Waals surface area contributed by atoms with Gasteiger partial charge in [-0.05, 0) is 30.2 Å². The van der Waals surface area contributed by atoms with E-state index in [9.17, 15) is 4.79 Å². The zero-order chi connectivity index (χ0) is 16.2. The lowest BCUT2D eigenvalue weighted by atomic mass is 10.0. The molecule has 4 heteroatoms. The van der Waals surface area contributed by atoms with Gasteiger partial charge in [0.1, 0.15) is 11.5 Å². The van der Waals surface area contributed by atoms with Gasteiger partial charge in [-0.3, -0.25) is 4.79 Å². The van der Waals surface area contributed by atoms with Gasteiger partial charge in [-0.2, -0.15) is 10.2 Å². The van der Waals surface area contributed by atoms with Gasteiger partial charge >= 0.3 is 0 Å². The second-order valence-electron chi connectivity index (χ2n) is 5.57. The van der Waals surface area contributed by atoms with Gasteiger partial charge in [-0.15, -0.1) is 0 Å². The Labute approximate surface area is 135 Å². The van der Waals surface area contributed by atoms with Gasteiger partial charge in [0.25, 0.3) is 0 Å². The average Bonchev–Trinajstić information content (AvgIpc) is 2.56. The summed E-state index contributed by atoms with van der Waals surface area (Å²) in [6, 6.07) is 13.6. The van der Waals surface area contributed by atoms with E-state index in [1.54, 1.807) is 13.3 Å². The fourth-order valence-electron chi connectivity index (χ4n) is 2.75. The number of ether oxygens (including phenoxy) is 1. The molecule has 0 atom stereocenters. The van der Waals surface area contributed by atoms with Crippen LogP contribution >= 0.6 is 0 Å². The molecule has 1 aromatic heterocycles. The van der Waals surface area contributed by atoms with Crippen molar-refractivity contribution in [1.82, 2.24) is 10.2 Å². The van der Waals surface area contributed by atoms with Crippen molar-refractivity contribution in [2.75, 3.05) is 7.11 Å². The van der Waals surface area contributed by atoms with Crippen LogP contribution in [0.4, 0.5) is 0 Å². The van der Waals surface area contributed by atoms with E-state index >= 15 is 0 Å². The lowest BCUT2D eigenvalue weighted by Gasteiger charge is -2.07. The molecule has 4 nitrogen and oxygen atoms in total. The Kier molecular flexibility index (Phi) is 4.33. The molecule has 0 unspecified atom stereocenters. The third-order valence-electron chi connectivity index (χ3n) is 3.89. The lowest BCUT2D eigenvalue weighted by Crippen LogP contribution is -2.09. The summed E-state index contributed by atoms with van der Waals surface area (Å²) in [5, 5.41) is 10.3. The number of nitrogens with zero attached hydrogens (tertiary/aromatic N) is 2.